The first kappa shape index (κ1) is 16.7. The van der Waals surface area contributed by atoms with Crippen LogP contribution in [0.25, 0.3) is 0 Å². The molecule has 0 radical (unpaired) electrons. The highest BCUT2D eigenvalue weighted by atomic mass is 16.5. The van der Waals surface area contributed by atoms with Gasteiger partial charge in [0.15, 0.2) is 0 Å². The van der Waals surface area contributed by atoms with Crippen molar-refractivity contribution in [2.24, 2.45) is 5.41 Å². The Balaban J connectivity index is 2.01. The van der Waals surface area contributed by atoms with Gasteiger partial charge in [-0.3, -0.25) is 4.79 Å². The number of nitrogens with one attached hydrogen (secondary N) is 1. The standard InChI is InChI=1S/C17H26N2O3/c1-16(2,3)22-14-8-7-12(10-18-14)15(21)19-13-6-5-9-17(13,4)11-20/h7-8,10,13,20H,5-6,9,11H2,1-4H3,(H,19,21). The normalized spacial score (nSPS) is 25.0. The average Bonchev–Trinajstić information content (AvgIpc) is 2.80. The van der Waals surface area contributed by atoms with Crippen LogP contribution in [0, 0.1) is 5.41 Å². The highest BCUT2D eigenvalue weighted by molar-refractivity contribution is 5.94. The summed E-state index contributed by atoms with van der Waals surface area (Å²) in [6.07, 6.45) is 4.40. The molecule has 0 aromatic carbocycles. The number of pyridine rings is 1. The average molecular weight is 306 g/mol. The van der Waals surface area contributed by atoms with E-state index in [-0.39, 0.29) is 29.6 Å². The molecule has 0 aliphatic heterocycles. The van der Waals surface area contributed by atoms with Crippen molar-refractivity contribution < 1.29 is 14.6 Å². The molecule has 2 unspecified atom stereocenters. The minimum Gasteiger partial charge on any atom is -0.472 e. The summed E-state index contributed by atoms with van der Waals surface area (Å²) in [5, 5.41) is 12.6. The molecule has 1 aliphatic rings. The van der Waals surface area contributed by atoms with Gasteiger partial charge in [0.2, 0.25) is 5.88 Å². The van der Waals surface area contributed by atoms with Crippen LogP contribution >= 0.6 is 0 Å². The number of aliphatic hydroxyl groups excluding tert-OH is 1. The van der Waals surface area contributed by atoms with Gasteiger partial charge < -0.3 is 15.2 Å². The predicted molar refractivity (Wildman–Crippen MR) is 84.9 cm³/mol. The zero-order valence-electron chi connectivity index (χ0n) is 13.8. The summed E-state index contributed by atoms with van der Waals surface area (Å²) in [5.74, 6) is 0.353. The second-order valence-corrected chi connectivity index (χ2v) is 7.33. The van der Waals surface area contributed by atoms with E-state index in [1.54, 1.807) is 12.1 Å². The lowest BCUT2D eigenvalue weighted by atomic mass is 9.85. The number of ether oxygens (including phenoxy) is 1. The molecule has 1 aromatic rings. The number of aliphatic hydroxyl groups is 1. The Morgan fingerprint density at radius 1 is 1.50 bits per heavy atom. The summed E-state index contributed by atoms with van der Waals surface area (Å²) < 4.78 is 5.64. The van der Waals surface area contributed by atoms with Crippen molar-refractivity contribution in [3.8, 4) is 5.88 Å². The largest absolute Gasteiger partial charge is 0.472 e. The fourth-order valence-electron chi connectivity index (χ4n) is 2.80. The van der Waals surface area contributed by atoms with Gasteiger partial charge in [-0.15, -0.1) is 0 Å². The summed E-state index contributed by atoms with van der Waals surface area (Å²) >= 11 is 0. The number of carbonyl (C=O) groups is 1. The Morgan fingerprint density at radius 3 is 2.77 bits per heavy atom. The van der Waals surface area contributed by atoms with E-state index in [0.29, 0.717) is 11.4 Å². The first-order valence-electron chi connectivity index (χ1n) is 7.80. The number of amides is 1. The Kier molecular flexibility index (Phi) is 4.75. The smallest absolute Gasteiger partial charge is 0.253 e. The van der Waals surface area contributed by atoms with E-state index in [1.165, 1.54) is 6.20 Å². The monoisotopic (exact) mass is 306 g/mol. The Bertz CT molecular complexity index is 522. The van der Waals surface area contributed by atoms with Crippen molar-refractivity contribution in [2.75, 3.05) is 6.61 Å². The van der Waals surface area contributed by atoms with Crippen LogP contribution in [-0.2, 0) is 0 Å². The van der Waals surface area contributed by atoms with Crippen molar-refractivity contribution in [1.82, 2.24) is 10.3 Å². The first-order valence-corrected chi connectivity index (χ1v) is 7.80. The third-order valence-electron chi connectivity index (χ3n) is 4.16. The van der Waals surface area contributed by atoms with E-state index in [4.69, 9.17) is 4.74 Å². The van der Waals surface area contributed by atoms with E-state index in [2.05, 4.69) is 10.3 Å². The van der Waals surface area contributed by atoms with Crippen LogP contribution in [0.5, 0.6) is 5.88 Å². The van der Waals surface area contributed by atoms with Gasteiger partial charge >= 0.3 is 0 Å². The first-order chi connectivity index (χ1) is 10.2. The van der Waals surface area contributed by atoms with Crippen LogP contribution in [-0.4, -0.2) is 34.2 Å². The van der Waals surface area contributed by atoms with Crippen LogP contribution in [0.3, 0.4) is 0 Å². The Labute approximate surface area is 132 Å². The SMILES string of the molecule is CC(C)(C)Oc1ccc(C(=O)NC2CCCC2(C)CO)cn1. The zero-order valence-corrected chi connectivity index (χ0v) is 13.8. The Hall–Kier alpha value is -1.62. The summed E-state index contributed by atoms with van der Waals surface area (Å²) in [6.45, 7) is 7.96. The molecule has 1 heterocycles. The van der Waals surface area contributed by atoms with Gasteiger partial charge in [0.25, 0.3) is 5.91 Å². The molecule has 1 aliphatic carbocycles. The van der Waals surface area contributed by atoms with E-state index in [9.17, 15) is 9.90 Å². The van der Waals surface area contributed by atoms with Gasteiger partial charge in [-0.05, 0) is 39.7 Å². The van der Waals surface area contributed by atoms with Gasteiger partial charge in [-0.2, -0.15) is 0 Å². The van der Waals surface area contributed by atoms with Gasteiger partial charge in [-0.25, -0.2) is 4.98 Å². The maximum absolute atomic E-state index is 12.3. The van der Waals surface area contributed by atoms with Crippen molar-refractivity contribution >= 4 is 5.91 Å². The van der Waals surface area contributed by atoms with Crippen molar-refractivity contribution in [3.05, 3.63) is 23.9 Å². The number of aromatic nitrogens is 1. The fourth-order valence-corrected chi connectivity index (χ4v) is 2.80. The molecule has 5 heteroatoms. The molecular formula is C17H26N2O3. The van der Waals surface area contributed by atoms with E-state index >= 15 is 0 Å². The maximum Gasteiger partial charge on any atom is 0.253 e. The van der Waals surface area contributed by atoms with Crippen LogP contribution in [0.1, 0.15) is 57.3 Å². The summed E-state index contributed by atoms with van der Waals surface area (Å²) in [4.78, 5) is 16.5. The number of rotatable bonds is 4. The van der Waals surface area contributed by atoms with Crippen molar-refractivity contribution in [2.45, 2.75) is 58.6 Å². The topological polar surface area (TPSA) is 71.5 Å². The Morgan fingerprint density at radius 2 is 2.23 bits per heavy atom. The lowest BCUT2D eigenvalue weighted by Gasteiger charge is -2.30. The zero-order chi connectivity index (χ0) is 16.4. The van der Waals surface area contributed by atoms with Crippen LogP contribution < -0.4 is 10.1 Å². The molecule has 5 nitrogen and oxygen atoms in total. The van der Waals surface area contributed by atoms with Gasteiger partial charge in [0.05, 0.1) is 12.2 Å². The molecule has 1 amide bonds. The molecule has 0 spiro atoms. The quantitative estimate of drug-likeness (QED) is 0.896. The molecule has 0 bridgehead atoms. The molecular weight excluding hydrogens is 280 g/mol. The second-order valence-electron chi connectivity index (χ2n) is 7.33. The number of hydrogen-bond acceptors (Lipinski definition) is 4. The summed E-state index contributed by atoms with van der Waals surface area (Å²) in [7, 11) is 0. The molecule has 1 aromatic heterocycles. The maximum atomic E-state index is 12.3. The molecule has 0 saturated heterocycles. The van der Waals surface area contributed by atoms with E-state index in [1.807, 2.05) is 27.7 Å². The van der Waals surface area contributed by atoms with Gasteiger partial charge in [0, 0.05) is 23.7 Å². The second kappa shape index (κ2) is 6.24. The lowest BCUT2D eigenvalue weighted by molar-refractivity contribution is 0.0830. The summed E-state index contributed by atoms with van der Waals surface area (Å²) in [6, 6.07) is 3.44. The number of carbonyl (C=O) groups excluding carboxylic acids is 1. The van der Waals surface area contributed by atoms with Crippen molar-refractivity contribution in [1.29, 1.82) is 0 Å². The van der Waals surface area contributed by atoms with E-state index < -0.39 is 0 Å². The minimum atomic E-state index is -0.316. The van der Waals surface area contributed by atoms with Crippen LogP contribution in [0.4, 0.5) is 0 Å². The molecule has 122 valence electrons. The third kappa shape index (κ3) is 3.97. The summed E-state index contributed by atoms with van der Waals surface area (Å²) in [5.41, 5.74) is -0.0319. The number of hydrogen-bond donors (Lipinski definition) is 2. The fraction of sp³-hybridized carbons (Fsp3) is 0.647. The number of nitrogens with zero attached hydrogens (tertiary/aromatic N) is 1. The third-order valence-corrected chi connectivity index (χ3v) is 4.16. The molecule has 22 heavy (non-hydrogen) atoms. The van der Waals surface area contributed by atoms with Crippen LogP contribution in [0.2, 0.25) is 0 Å². The minimum absolute atomic E-state index is 0.00972. The highest BCUT2D eigenvalue weighted by Gasteiger charge is 2.39. The van der Waals surface area contributed by atoms with Gasteiger partial charge in [0.1, 0.15) is 5.60 Å². The van der Waals surface area contributed by atoms with Crippen LogP contribution in [0.15, 0.2) is 18.3 Å². The molecule has 1 fully saturated rings. The molecule has 2 N–H and O–H groups in total. The lowest BCUT2D eigenvalue weighted by Crippen LogP contribution is -2.44. The molecule has 2 atom stereocenters. The highest BCUT2D eigenvalue weighted by Crippen LogP contribution is 2.37. The van der Waals surface area contributed by atoms with E-state index in [0.717, 1.165) is 19.3 Å². The van der Waals surface area contributed by atoms with Gasteiger partial charge in [-0.1, -0.05) is 13.3 Å². The molecule has 2 rings (SSSR count). The molecule has 1 saturated carbocycles. The predicted octanol–water partition coefficient (Wildman–Crippen LogP) is 2.54. The van der Waals surface area contributed by atoms with Crippen molar-refractivity contribution in [3.63, 3.8) is 0 Å².